The number of hydrogen-bond donors (Lipinski definition) is 2. The summed E-state index contributed by atoms with van der Waals surface area (Å²) < 4.78 is 27.7. The molecule has 5 rings (SSSR count). The van der Waals surface area contributed by atoms with E-state index in [9.17, 15) is 18.3 Å². The number of hydrogen-bond acceptors (Lipinski definition) is 6. The molecule has 0 saturated heterocycles. The third-order valence-corrected chi connectivity index (χ3v) is 8.63. The molecule has 1 fully saturated rings. The molecule has 0 aliphatic heterocycles. The molecule has 0 unspecified atom stereocenters. The van der Waals surface area contributed by atoms with Crippen molar-refractivity contribution in [1.82, 2.24) is 9.29 Å². The lowest BCUT2D eigenvalue weighted by Crippen LogP contribution is -2.29. The second-order valence-corrected chi connectivity index (χ2v) is 11.0. The number of thiazole rings is 1. The zero-order valence-electron chi connectivity index (χ0n) is 17.7. The van der Waals surface area contributed by atoms with E-state index in [0.29, 0.717) is 21.8 Å². The van der Waals surface area contributed by atoms with Crippen LogP contribution in [-0.4, -0.2) is 41.8 Å². The lowest BCUT2D eigenvalue weighted by atomic mass is 10.1. The van der Waals surface area contributed by atoms with Crippen LogP contribution in [0.3, 0.4) is 0 Å². The van der Waals surface area contributed by atoms with E-state index in [1.54, 1.807) is 19.2 Å². The van der Waals surface area contributed by atoms with Crippen LogP contribution in [0.4, 0.5) is 5.69 Å². The van der Waals surface area contributed by atoms with Gasteiger partial charge < -0.3 is 10.4 Å². The van der Waals surface area contributed by atoms with Crippen molar-refractivity contribution in [3.63, 3.8) is 0 Å². The van der Waals surface area contributed by atoms with Crippen LogP contribution in [0, 0.1) is 0 Å². The Hall–Kier alpha value is -3.27. The van der Waals surface area contributed by atoms with E-state index in [0.717, 1.165) is 23.1 Å². The first-order valence-corrected chi connectivity index (χ1v) is 12.7. The summed E-state index contributed by atoms with van der Waals surface area (Å²) in [6.07, 6.45) is 1.75. The maximum atomic E-state index is 12.6. The van der Waals surface area contributed by atoms with E-state index < -0.39 is 15.9 Å². The number of fused-ring (bicyclic) bond motifs is 1. The molecule has 1 aromatic heterocycles. The van der Waals surface area contributed by atoms with Gasteiger partial charge in [-0.15, -0.1) is 11.3 Å². The Morgan fingerprint density at radius 3 is 2.48 bits per heavy atom. The van der Waals surface area contributed by atoms with Crippen LogP contribution < -0.4 is 5.32 Å². The second-order valence-electron chi connectivity index (χ2n) is 7.95. The number of benzene rings is 3. The fourth-order valence-corrected chi connectivity index (χ4v) is 5.98. The van der Waals surface area contributed by atoms with Gasteiger partial charge in [0.2, 0.25) is 10.0 Å². The molecule has 9 heteroatoms. The van der Waals surface area contributed by atoms with Crippen molar-refractivity contribution >= 4 is 43.2 Å². The van der Waals surface area contributed by atoms with E-state index in [1.807, 2.05) is 24.3 Å². The minimum absolute atomic E-state index is 0.0106. The Kier molecular flexibility index (Phi) is 5.40. The van der Waals surface area contributed by atoms with Crippen molar-refractivity contribution in [1.29, 1.82) is 0 Å². The van der Waals surface area contributed by atoms with Gasteiger partial charge in [0.25, 0.3) is 5.91 Å². The molecule has 0 atom stereocenters. The maximum absolute atomic E-state index is 12.6. The predicted octanol–water partition coefficient (Wildman–Crippen LogP) is 4.70. The van der Waals surface area contributed by atoms with Crippen LogP contribution in [0.25, 0.3) is 20.8 Å². The van der Waals surface area contributed by atoms with E-state index in [-0.39, 0.29) is 16.7 Å². The fraction of sp³-hybridized carbons (Fsp3) is 0.167. The number of aromatic hydroxyl groups is 1. The van der Waals surface area contributed by atoms with Crippen LogP contribution in [-0.2, 0) is 10.0 Å². The molecule has 1 heterocycles. The number of phenols is 1. The summed E-state index contributed by atoms with van der Waals surface area (Å²) >= 11 is 1.48. The number of phenolic OH excluding ortho intramolecular Hbond substituents is 1. The van der Waals surface area contributed by atoms with Crippen LogP contribution in [0.5, 0.6) is 5.75 Å². The van der Waals surface area contributed by atoms with Gasteiger partial charge in [-0.3, -0.25) is 4.79 Å². The summed E-state index contributed by atoms with van der Waals surface area (Å²) in [6.45, 7) is 0. The second kappa shape index (κ2) is 8.26. The van der Waals surface area contributed by atoms with Gasteiger partial charge in [-0.25, -0.2) is 13.4 Å². The minimum Gasteiger partial charge on any atom is -0.507 e. The van der Waals surface area contributed by atoms with Gasteiger partial charge in [0.15, 0.2) is 0 Å². The number of para-hydroxylation sites is 1. The van der Waals surface area contributed by atoms with Gasteiger partial charge in [-0.1, -0.05) is 12.1 Å². The summed E-state index contributed by atoms with van der Waals surface area (Å²) in [7, 11) is -1.98. The summed E-state index contributed by atoms with van der Waals surface area (Å²) in [4.78, 5) is 17.4. The highest BCUT2D eigenvalue weighted by molar-refractivity contribution is 7.89. The molecule has 1 aliphatic carbocycles. The van der Waals surface area contributed by atoms with Crippen LogP contribution in [0.2, 0.25) is 0 Å². The quantitative estimate of drug-likeness (QED) is 0.417. The third-order valence-electron chi connectivity index (χ3n) is 5.63. The maximum Gasteiger partial charge on any atom is 0.255 e. The summed E-state index contributed by atoms with van der Waals surface area (Å²) in [5.74, 6) is -0.391. The molecule has 1 amide bonds. The average molecular weight is 480 g/mol. The van der Waals surface area contributed by atoms with E-state index in [2.05, 4.69) is 10.3 Å². The molecule has 3 aromatic carbocycles. The molecule has 33 heavy (non-hydrogen) atoms. The first kappa shape index (κ1) is 21.6. The Bertz CT molecular complexity index is 1430. The van der Waals surface area contributed by atoms with Gasteiger partial charge >= 0.3 is 0 Å². The van der Waals surface area contributed by atoms with Crippen molar-refractivity contribution in [2.75, 3.05) is 12.4 Å². The third kappa shape index (κ3) is 4.22. The molecule has 7 nitrogen and oxygen atoms in total. The number of rotatable bonds is 6. The van der Waals surface area contributed by atoms with Crippen LogP contribution in [0.1, 0.15) is 23.2 Å². The highest BCUT2D eigenvalue weighted by Gasteiger charge is 2.35. The predicted molar refractivity (Wildman–Crippen MR) is 129 cm³/mol. The van der Waals surface area contributed by atoms with Gasteiger partial charge in [0, 0.05) is 30.4 Å². The molecule has 0 bridgehead atoms. The Balaban J connectivity index is 1.32. The lowest BCUT2D eigenvalue weighted by Gasteiger charge is -2.16. The number of sulfonamides is 1. The van der Waals surface area contributed by atoms with Crippen molar-refractivity contribution in [2.45, 2.75) is 23.8 Å². The molecule has 2 N–H and O–H groups in total. The topological polar surface area (TPSA) is 99.6 Å². The Labute approximate surface area is 195 Å². The summed E-state index contributed by atoms with van der Waals surface area (Å²) in [6, 6.07) is 18.6. The average Bonchev–Trinajstić information content (AvgIpc) is 3.57. The SMILES string of the molecule is CN(C1CC1)S(=O)(=O)c1ccc(C(=O)Nc2ccc(-c3nc4ccccc4s3)c(O)c2)cc1. The van der Waals surface area contributed by atoms with Crippen molar-refractivity contribution in [3.8, 4) is 16.3 Å². The molecule has 0 spiro atoms. The highest BCUT2D eigenvalue weighted by atomic mass is 32.2. The van der Waals surface area contributed by atoms with Crippen molar-refractivity contribution < 1.29 is 18.3 Å². The number of anilines is 1. The zero-order valence-corrected chi connectivity index (χ0v) is 19.4. The lowest BCUT2D eigenvalue weighted by molar-refractivity contribution is 0.102. The van der Waals surface area contributed by atoms with Crippen LogP contribution in [0.15, 0.2) is 71.6 Å². The first-order chi connectivity index (χ1) is 15.8. The normalized spacial score (nSPS) is 14.0. The number of amides is 1. The van der Waals surface area contributed by atoms with Gasteiger partial charge in [0.1, 0.15) is 10.8 Å². The number of carbonyl (C=O) groups is 1. The molecule has 1 saturated carbocycles. The van der Waals surface area contributed by atoms with E-state index in [1.165, 1.54) is 46.0 Å². The largest absolute Gasteiger partial charge is 0.507 e. The van der Waals surface area contributed by atoms with Gasteiger partial charge in [-0.2, -0.15) is 4.31 Å². The molecule has 4 aromatic rings. The molecular formula is C24H21N3O4S2. The number of carbonyl (C=O) groups excluding carboxylic acids is 1. The number of aromatic nitrogens is 1. The van der Waals surface area contributed by atoms with E-state index >= 15 is 0 Å². The smallest absolute Gasteiger partial charge is 0.255 e. The van der Waals surface area contributed by atoms with E-state index in [4.69, 9.17) is 0 Å². The Morgan fingerprint density at radius 2 is 1.82 bits per heavy atom. The molecule has 0 radical (unpaired) electrons. The number of nitrogens with one attached hydrogen (secondary N) is 1. The molecule has 168 valence electrons. The van der Waals surface area contributed by atoms with Gasteiger partial charge in [-0.05, 0) is 61.4 Å². The zero-order chi connectivity index (χ0) is 23.2. The number of nitrogens with zero attached hydrogens (tertiary/aromatic N) is 2. The molecule has 1 aliphatic rings. The minimum atomic E-state index is -3.56. The first-order valence-electron chi connectivity index (χ1n) is 10.4. The van der Waals surface area contributed by atoms with Gasteiger partial charge in [0.05, 0.1) is 20.7 Å². The summed E-state index contributed by atoms with van der Waals surface area (Å²) in [5.41, 5.74) is 2.19. The fourth-order valence-electron chi connectivity index (χ4n) is 3.56. The Morgan fingerprint density at radius 1 is 1.09 bits per heavy atom. The standard InChI is InChI=1S/C24H21N3O4S2/c1-27(17-9-10-17)33(30,31)18-11-6-15(7-12-18)23(29)25-16-8-13-19(21(28)14-16)24-26-20-4-2-3-5-22(20)32-24/h2-8,11-14,17,28H,9-10H2,1H3,(H,25,29). The molecular weight excluding hydrogens is 458 g/mol. The highest BCUT2D eigenvalue weighted by Crippen LogP contribution is 2.36. The van der Waals surface area contributed by atoms with Crippen molar-refractivity contribution in [3.05, 3.63) is 72.3 Å². The van der Waals surface area contributed by atoms with Crippen LogP contribution >= 0.6 is 11.3 Å². The monoisotopic (exact) mass is 479 g/mol. The van der Waals surface area contributed by atoms with Crippen molar-refractivity contribution in [2.24, 2.45) is 0 Å². The summed E-state index contributed by atoms with van der Waals surface area (Å²) in [5, 5.41) is 14.0.